The third-order valence-corrected chi connectivity index (χ3v) is 4.83. The normalized spacial score (nSPS) is 10.6. The number of carbonyl (C=O) groups excluding carboxylic acids is 1. The number of furan rings is 1. The van der Waals surface area contributed by atoms with Gasteiger partial charge in [-0.2, -0.15) is 0 Å². The molecule has 0 aliphatic rings. The Morgan fingerprint density at radius 1 is 1.19 bits per heavy atom. The molecule has 0 bridgehead atoms. The molecule has 0 saturated carbocycles. The molecule has 0 spiro atoms. The van der Waals surface area contributed by atoms with Gasteiger partial charge in [0.25, 0.3) is 5.91 Å². The molecule has 134 valence electrons. The third kappa shape index (κ3) is 4.32. The van der Waals surface area contributed by atoms with E-state index in [1.807, 2.05) is 49.4 Å². The zero-order valence-corrected chi connectivity index (χ0v) is 16.2. The van der Waals surface area contributed by atoms with E-state index in [0.29, 0.717) is 34.7 Å². The predicted octanol–water partition coefficient (Wildman–Crippen LogP) is 4.56. The van der Waals surface area contributed by atoms with Crippen molar-refractivity contribution in [1.82, 2.24) is 10.3 Å². The average Bonchev–Trinajstić information content (AvgIpc) is 2.91. The topological polar surface area (TPSA) is 64.4 Å². The molecule has 0 atom stereocenters. The van der Waals surface area contributed by atoms with Gasteiger partial charge in [-0.25, -0.2) is 0 Å². The Balaban J connectivity index is 1.61. The fraction of sp³-hybridized carbons (Fsp3) is 0.200. The van der Waals surface area contributed by atoms with Crippen LogP contribution in [-0.4, -0.2) is 10.9 Å². The van der Waals surface area contributed by atoms with E-state index in [1.165, 1.54) is 0 Å². The zero-order chi connectivity index (χ0) is 18.5. The van der Waals surface area contributed by atoms with Crippen LogP contribution >= 0.6 is 15.9 Å². The molecule has 0 fully saturated rings. The van der Waals surface area contributed by atoms with Crippen LogP contribution in [0, 0.1) is 13.8 Å². The number of aryl methyl sites for hydroxylation is 2. The minimum Gasteiger partial charge on any atom is -0.487 e. The van der Waals surface area contributed by atoms with E-state index in [-0.39, 0.29) is 5.91 Å². The van der Waals surface area contributed by atoms with Crippen LogP contribution in [-0.2, 0) is 13.2 Å². The lowest BCUT2D eigenvalue weighted by atomic mass is 10.2. The van der Waals surface area contributed by atoms with Crippen LogP contribution in [0.4, 0.5) is 0 Å². The smallest absolute Gasteiger partial charge is 0.256 e. The molecular formula is C20H19BrN2O3. The third-order valence-electron chi connectivity index (χ3n) is 3.88. The van der Waals surface area contributed by atoms with Crippen molar-refractivity contribution in [2.45, 2.75) is 27.0 Å². The molecule has 3 rings (SSSR count). The van der Waals surface area contributed by atoms with Gasteiger partial charge in [-0.3, -0.25) is 9.78 Å². The second-order valence-corrected chi connectivity index (χ2v) is 6.64. The molecule has 0 radical (unpaired) electrons. The van der Waals surface area contributed by atoms with Gasteiger partial charge in [-0.05, 0) is 59.6 Å². The van der Waals surface area contributed by atoms with Crippen molar-refractivity contribution in [1.29, 1.82) is 0 Å². The Labute approximate surface area is 160 Å². The van der Waals surface area contributed by atoms with Crippen LogP contribution in [0.1, 0.15) is 33.1 Å². The number of benzene rings is 1. The molecule has 0 aliphatic heterocycles. The summed E-state index contributed by atoms with van der Waals surface area (Å²) in [6.45, 7) is 4.39. The molecule has 0 unspecified atom stereocenters. The molecule has 0 saturated heterocycles. The summed E-state index contributed by atoms with van der Waals surface area (Å²) in [4.78, 5) is 16.7. The number of ether oxygens (including phenoxy) is 1. The Kier molecular flexibility index (Phi) is 5.73. The fourth-order valence-electron chi connectivity index (χ4n) is 2.57. The molecule has 1 amide bonds. The molecule has 1 N–H and O–H groups in total. The molecule has 0 aliphatic carbocycles. The number of pyridine rings is 1. The van der Waals surface area contributed by atoms with Gasteiger partial charge in [0.15, 0.2) is 0 Å². The highest BCUT2D eigenvalue weighted by molar-refractivity contribution is 9.10. The Morgan fingerprint density at radius 3 is 2.73 bits per heavy atom. The van der Waals surface area contributed by atoms with Gasteiger partial charge in [0.2, 0.25) is 0 Å². The molecule has 2 aromatic heterocycles. The van der Waals surface area contributed by atoms with E-state index in [1.54, 1.807) is 13.1 Å². The number of amides is 1. The standard InChI is InChI=1S/C20H19BrN2O3/c1-13-18(19(21)14(2)26-13)20(24)23-11-15-6-5-8-17(10-15)25-12-16-7-3-4-9-22-16/h3-10H,11-12H2,1-2H3,(H,23,24). The number of halogens is 1. The van der Waals surface area contributed by atoms with E-state index < -0.39 is 0 Å². The van der Waals surface area contributed by atoms with Gasteiger partial charge in [-0.15, -0.1) is 0 Å². The van der Waals surface area contributed by atoms with Gasteiger partial charge in [0, 0.05) is 12.7 Å². The van der Waals surface area contributed by atoms with Crippen LogP contribution in [0.25, 0.3) is 0 Å². The van der Waals surface area contributed by atoms with Crippen molar-refractivity contribution < 1.29 is 13.9 Å². The zero-order valence-electron chi connectivity index (χ0n) is 14.6. The SMILES string of the molecule is Cc1oc(C)c(C(=O)NCc2cccc(OCc3ccccn3)c2)c1Br. The minimum atomic E-state index is -0.175. The summed E-state index contributed by atoms with van der Waals surface area (Å²) in [6, 6.07) is 13.3. The summed E-state index contributed by atoms with van der Waals surface area (Å²) in [5.74, 6) is 1.85. The van der Waals surface area contributed by atoms with Crippen molar-refractivity contribution in [3.05, 3.63) is 81.5 Å². The summed E-state index contributed by atoms with van der Waals surface area (Å²) in [7, 11) is 0. The monoisotopic (exact) mass is 414 g/mol. The first-order valence-electron chi connectivity index (χ1n) is 8.20. The maximum atomic E-state index is 12.4. The van der Waals surface area contributed by atoms with Crippen molar-refractivity contribution in [2.24, 2.45) is 0 Å². The second-order valence-electron chi connectivity index (χ2n) is 5.84. The molecule has 2 heterocycles. The van der Waals surface area contributed by atoms with E-state index >= 15 is 0 Å². The van der Waals surface area contributed by atoms with E-state index in [4.69, 9.17) is 9.15 Å². The van der Waals surface area contributed by atoms with Gasteiger partial charge in [0.05, 0.1) is 15.7 Å². The summed E-state index contributed by atoms with van der Waals surface area (Å²) in [6.07, 6.45) is 1.74. The van der Waals surface area contributed by atoms with Crippen LogP contribution in [0.5, 0.6) is 5.75 Å². The fourth-order valence-corrected chi connectivity index (χ4v) is 3.11. The average molecular weight is 415 g/mol. The predicted molar refractivity (Wildman–Crippen MR) is 102 cm³/mol. The van der Waals surface area contributed by atoms with Crippen LogP contribution < -0.4 is 10.1 Å². The van der Waals surface area contributed by atoms with Crippen LogP contribution in [0.2, 0.25) is 0 Å². The van der Waals surface area contributed by atoms with Gasteiger partial charge in [-0.1, -0.05) is 18.2 Å². The number of hydrogen-bond donors (Lipinski definition) is 1. The van der Waals surface area contributed by atoms with Gasteiger partial charge >= 0.3 is 0 Å². The Hall–Kier alpha value is -2.60. The van der Waals surface area contributed by atoms with Crippen molar-refractivity contribution in [2.75, 3.05) is 0 Å². The number of carbonyl (C=O) groups is 1. The van der Waals surface area contributed by atoms with Crippen molar-refractivity contribution >= 4 is 21.8 Å². The molecule has 1 aromatic carbocycles. The lowest BCUT2D eigenvalue weighted by Crippen LogP contribution is -2.23. The lowest BCUT2D eigenvalue weighted by Gasteiger charge is -2.09. The summed E-state index contributed by atoms with van der Waals surface area (Å²) < 4.78 is 11.9. The molecule has 26 heavy (non-hydrogen) atoms. The van der Waals surface area contributed by atoms with E-state index in [2.05, 4.69) is 26.2 Å². The maximum Gasteiger partial charge on any atom is 0.256 e. The summed E-state index contributed by atoms with van der Waals surface area (Å²) >= 11 is 3.40. The van der Waals surface area contributed by atoms with E-state index in [9.17, 15) is 4.79 Å². The molecule has 6 heteroatoms. The second kappa shape index (κ2) is 8.19. The quantitative estimate of drug-likeness (QED) is 0.641. The summed E-state index contributed by atoms with van der Waals surface area (Å²) in [5.41, 5.74) is 2.35. The number of nitrogens with one attached hydrogen (secondary N) is 1. The first kappa shape index (κ1) is 18.2. The maximum absolute atomic E-state index is 12.4. The lowest BCUT2D eigenvalue weighted by molar-refractivity contribution is 0.0948. The Morgan fingerprint density at radius 2 is 2.04 bits per heavy atom. The number of hydrogen-bond acceptors (Lipinski definition) is 4. The highest BCUT2D eigenvalue weighted by Gasteiger charge is 2.19. The van der Waals surface area contributed by atoms with Crippen LogP contribution in [0.15, 0.2) is 57.6 Å². The van der Waals surface area contributed by atoms with Crippen LogP contribution in [0.3, 0.4) is 0 Å². The first-order valence-corrected chi connectivity index (χ1v) is 8.99. The highest BCUT2D eigenvalue weighted by atomic mass is 79.9. The highest BCUT2D eigenvalue weighted by Crippen LogP contribution is 2.27. The first-order chi connectivity index (χ1) is 12.5. The number of aromatic nitrogens is 1. The van der Waals surface area contributed by atoms with E-state index in [0.717, 1.165) is 17.0 Å². The molecular weight excluding hydrogens is 396 g/mol. The number of nitrogens with zero attached hydrogens (tertiary/aromatic N) is 1. The molecule has 5 nitrogen and oxygen atoms in total. The van der Waals surface area contributed by atoms with Gasteiger partial charge < -0.3 is 14.5 Å². The molecule has 3 aromatic rings. The number of rotatable bonds is 6. The van der Waals surface area contributed by atoms with Crippen molar-refractivity contribution in [3.63, 3.8) is 0 Å². The minimum absolute atomic E-state index is 0.175. The largest absolute Gasteiger partial charge is 0.487 e. The Bertz CT molecular complexity index is 907. The summed E-state index contributed by atoms with van der Waals surface area (Å²) in [5, 5.41) is 2.91. The van der Waals surface area contributed by atoms with Gasteiger partial charge in [0.1, 0.15) is 23.9 Å². The van der Waals surface area contributed by atoms with Crippen molar-refractivity contribution in [3.8, 4) is 5.75 Å².